The summed E-state index contributed by atoms with van der Waals surface area (Å²) in [6.07, 6.45) is 1.58. The number of thiazole rings is 1. The fraction of sp³-hybridized carbons (Fsp3) is 0.438. The molecule has 0 saturated carbocycles. The first-order chi connectivity index (χ1) is 10.8. The topological polar surface area (TPSA) is 64.4 Å². The minimum atomic E-state index is -0.315. The molecule has 2 heterocycles. The van der Waals surface area contributed by atoms with Gasteiger partial charge >= 0.3 is 0 Å². The van der Waals surface area contributed by atoms with Crippen LogP contribution >= 0.6 is 11.3 Å². The molecule has 6 nitrogen and oxygen atoms in total. The predicted molar refractivity (Wildman–Crippen MR) is 90.0 cm³/mol. The second-order valence-corrected chi connectivity index (χ2v) is 6.77. The SMILES string of the molecule is COc1cccn(CC(=O)N(C)[C@H](C)c2nc(C)sc2C)c1=O. The molecule has 0 N–H and O–H groups in total. The highest BCUT2D eigenvalue weighted by atomic mass is 32.1. The van der Waals surface area contributed by atoms with Crippen LogP contribution in [-0.4, -0.2) is 34.5 Å². The average molecular weight is 335 g/mol. The Morgan fingerprint density at radius 1 is 1.48 bits per heavy atom. The first-order valence-corrected chi connectivity index (χ1v) is 8.09. The zero-order valence-electron chi connectivity index (χ0n) is 14.0. The molecule has 0 aliphatic rings. The third-order valence-electron chi connectivity index (χ3n) is 3.82. The largest absolute Gasteiger partial charge is 0.491 e. The van der Waals surface area contributed by atoms with Gasteiger partial charge < -0.3 is 14.2 Å². The van der Waals surface area contributed by atoms with Crippen molar-refractivity contribution in [3.8, 4) is 5.75 Å². The summed E-state index contributed by atoms with van der Waals surface area (Å²) in [6, 6.07) is 3.12. The molecule has 1 amide bonds. The normalized spacial score (nSPS) is 12.0. The van der Waals surface area contributed by atoms with Crippen molar-refractivity contribution in [3.05, 3.63) is 44.3 Å². The number of aryl methyl sites for hydroxylation is 2. The maximum absolute atomic E-state index is 12.5. The van der Waals surface area contributed by atoms with Crippen LogP contribution in [-0.2, 0) is 11.3 Å². The summed E-state index contributed by atoms with van der Waals surface area (Å²) in [7, 11) is 3.16. The van der Waals surface area contributed by atoms with Gasteiger partial charge in [0.25, 0.3) is 5.56 Å². The molecule has 23 heavy (non-hydrogen) atoms. The second-order valence-electron chi connectivity index (χ2n) is 5.36. The van der Waals surface area contributed by atoms with Crippen LogP contribution in [0.1, 0.15) is 28.5 Å². The van der Waals surface area contributed by atoms with Gasteiger partial charge in [-0.3, -0.25) is 9.59 Å². The quantitative estimate of drug-likeness (QED) is 0.840. The van der Waals surface area contributed by atoms with Crippen LogP contribution in [0.25, 0.3) is 0 Å². The molecule has 2 aromatic heterocycles. The fourth-order valence-electron chi connectivity index (χ4n) is 2.38. The Bertz CT molecular complexity index is 766. The monoisotopic (exact) mass is 335 g/mol. The van der Waals surface area contributed by atoms with E-state index in [1.807, 2.05) is 20.8 Å². The number of carbonyl (C=O) groups is 1. The van der Waals surface area contributed by atoms with Gasteiger partial charge in [-0.2, -0.15) is 0 Å². The first kappa shape index (κ1) is 17.2. The lowest BCUT2D eigenvalue weighted by Gasteiger charge is -2.24. The fourth-order valence-corrected chi connectivity index (χ4v) is 3.29. The van der Waals surface area contributed by atoms with E-state index >= 15 is 0 Å². The maximum atomic E-state index is 12.5. The lowest BCUT2D eigenvalue weighted by Crippen LogP contribution is -2.35. The van der Waals surface area contributed by atoms with E-state index in [1.165, 1.54) is 11.7 Å². The molecular formula is C16H21N3O3S. The predicted octanol–water partition coefficient (Wildman–Crippen LogP) is 2.15. The Balaban J connectivity index is 2.17. The number of pyridine rings is 1. The molecular weight excluding hydrogens is 314 g/mol. The summed E-state index contributed by atoms with van der Waals surface area (Å²) in [6.45, 7) is 5.86. The van der Waals surface area contributed by atoms with E-state index in [-0.39, 0.29) is 29.8 Å². The third-order valence-corrected chi connectivity index (χ3v) is 4.72. The van der Waals surface area contributed by atoms with E-state index in [0.717, 1.165) is 15.6 Å². The maximum Gasteiger partial charge on any atom is 0.293 e. The number of ether oxygens (including phenoxy) is 1. The summed E-state index contributed by atoms with van der Waals surface area (Å²) in [5, 5.41) is 0.981. The number of rotatable bonds is 5. The number of hydrogen-bond acceptors (Lipinski definition) is 5. The van der Waals surface area contributed by atoms with Gasteiger partial charge in [-0.25, -0.2) is 4.98 Å². The first-order valence-electron chi connectivity index (χ1n) is 7.28. The molecule has 0 aromatic carbocycles. The minimum absolute atomic E-state index is 0.0287. The molecule has 0 aliphatic carbocycles. The highest BCUT2D eigenvalue weighted by Crippen LogP contribution is 2.26. The van der Waals surface area contributed by atoms with Crippen molar-refractivity contribution in [1.29, 1.82) is 0 Å². The van der Waals surface area contributed by atoms with Crippen LogP contribution < -0.4 is 10.3 Å². The van der Waals surface area contributed by atoms with Gasteiger partial charge in [-0.1, -0.05) is 0 Å². The molecule has 7 heteroatoms. The van der Waals surface area contributed by atoms with E-state index in [0.29, 0.717) is 0 Å². The van der Waals surface area contributed by atoms with Gasteiger partial charge in [-0.15, -0.1) is 11.3 Å². The summed E-state index contributed by atoms with van der Waals surface area (Å²) >= 11 is 1.62. The van der Waals surface area contributed by atoms with Crippen molar-refractivity contribution in [1.82, 2.24) is 14.5 Å². The molecule has 0 spiro atoms. The van der Waals surface area contributed by atoms with Gasteiger partial charge in [0.1, 0.15) is 6.54 Å². The van der Waals surface area contributed by atoms with E-state index in [4.69, 9.17) is 4.74 Å². The van der Waals surface area contributed by atoms with Gasteiger partial charge in [0.2, 0.25) is 5.91 Å². The molecule has 1 atom stereocenters. The van der Waals surface area contributed by atoms with Crippen LogP contribution in [0.5, 0.6) is 5.75 Å². The van der Waals surface area contributed by atoms with Crippen molar-refractivity contribution >= 4 is 17.2 Å². The molecule has 0 saturated heterocycles. The van der Waals surface area contributed by atoms with E-state index in [9.17, 15) is 9.59 Å². The van der Waals surface area contributed by atoms with Crippen LogP contribution in [0, 0.1) is 13.8 Å². The number of likely N-dealkylation sites (N-methyl/N-ethyl adjacent to an activating group) is 1. The van der Waals surface area contributed by atoms with Gasteiger partial charge in [0.05, 0.1) is 23.9 Å². The Morgan fingerprint density at radius 2 is 2.17 bits per heavy atom. The van der Waals surface area contributed by atoms with Crippen LogP contribution in [0.2, 0.25) is 0 Å². The lowest BCUT2D eigenvalue weighted by molar-refractivity contribution is -0.132. The summed E-state index contributed by atoms with van der Waals surface area (Å²) in [5.41, 5.74) is 0.589. The van der Waals surface area contributed by atoms with E-state index < -0.39 is 0 Å². The number of nitrogens with zero attached hydrogens (tertiary/aromatic N) is 3. The third kappa shape index (κ3) is 3.61. The molecule has 0 aliphatic heterocycles. The number of aromatic nitrogens is 2. The molecule has 0 unspecified atom stereocenters. The minimum Gasteiger partial charge on any atom is -0.491 e. The number of carbonyl (C=O) groups excluding carboxylic acids is 1. The molecule has 2 aromatic rings. The van der Waals surface area contributed by atoms with Crippen molar-refractivity contribution in [2.45, 2.75) is 33.4 Å². The Morgan fingerprint density at radius 3 is 2.74 bits per heavy atom. The van der Waals surface area contributed by atoms with Gasteiger partial charge in [0.15, 0.2) is 5.75 Å². The Kier molecular flexibility index (Phi) is 5.20. The molecule has 124 valence electrons. The highest BCUT2D eigenvalue weighted by molar-refractivity contribution is 7.11. The van der Waals surface area contributed by atoms with E-state index in [1.54, 1.807) is 41.6 Å². The van der Waals surface area contributed by atoms with E-state index in [2.05, 4.69) is 4.98 Å². The smallest absolute Gasteiger partial charge is 0.293 e. The van der Waals surface area contributed by atoms with Crippen molar-refractivity contribution < 1.29 is 9.53 Å². The lowest BCUT2D eigenvalue weighted by atomic mass is 10.2. The summed E-state index contributed by atoms with van der Waals surface area (Å²) in [5.74, 6) is 0.0693. The highest BCUT2D eigenvalue weighted by Gasteiger charge is 2.22. The van der Waals surface area contributed by atoms with Crippen LogP contribution in [0.3, 0.4) is 0 Å². The van der Waals surface area contributed by atoms with Crippen molar-refractivity contribution in [3.63, 3.8) is 0 Å². The average Bonchev–Trinajstić information content (AvgIpc) is 2.86. The number of methoxy groups -OCH3 is 1. The number of hydrogen-bond donors (Lipinski definition) is 0. The number of amides is 1. The molecule has 0 radical (unpaired) electrons. The van der Waals surface area contributed by atoms with Crippen molar-refractivity contribution in [2.24, 2.45) is 0 Å². The second kappa shape index (κ2) is 6.95. The van der Waals surface area contributed by atoms with Crippen molar-refractivity contribution in [2.75, 3.05) is 14.2 Å². The molecule has 2 rings (SSSR count). The van der Waals surface area contributed by atoms with Crippen LogP contribution in [0.4, 0.5) is 0 Å². The summed E-state index contributed by atoms with van der Waals surface area (Å²) < 4.78 is 6.35. The van der Waals surface area contributed by atoms with Gasteiger partial charge in [0, 0.05) is 18.1 Å². The summed E-state index contributed by atoms with van der Waals surface area (Å²) in [4.78, 5) is 31.8. The molecule has 0 fully saturated rings. The Hall–Kier alpha value is -2.15. The Labute approximate surface area is 139 Å². The van der Waals surface area contributed by atoms with Gasteiger partial charge in [-0.05, 0) is 32.9 Å². The zero-order valence-corrected chi connectivity index (χ0v) is 14.8. The molecule has 0 bridgehead atoms. The van der Waals surface area contributed by atoms with Crippen LogP contribution in [0.15, 0.2) is 23.1 Å². The zero-order chi connectivity index (χ0) is 17.1. The standard InChI is InChI=1S/C16H21N3O3S/c1-10(15-11(2)23-12(3)17-15)18(4)14(20)9-19-8-6-7-13(22-5)16(19)21/h6-8,10H,9H2,1-5H3/t10-/m1/s1.